The highest BCUT2D eigenvalue weighted by molar-refractivity contribution is 5.84. The zero-order valence-corrected chi connectivity index (χ0v) is 14.8. The molecule has 2 aromatic rings. The molecule has 1 aliphatic heterocycles. The van der Waals surface area contributed by atoms with E-state index in [0.29, 0.717) is 19.7 Å². The Hall–Kier alpha value is -2.53. The summed E-state index contributed by atoms with van der Waals surface area (Å²) in [4.78, 5) is 16.4. The molecule has 1 aliphatic rings. The van der Waals surface area contributed by atoms with E-state index in [1.165, 1.54) is 0 Å². The molecule has 0 aromatic heterocycles. The van der Waals surface area contributed by atoms with Gasteiger partial charge >= 0.3 is 0 Å². The molecule has 0 spiro atoms. The third kappa shape index (κ3) is 4.31. The van der Waals surface area contributed by atoms with Crippen LogP contribution in [0.1, 0.15) is 6.92 Å². The fourth-order valence-electron chi connectivity index (χ4n) is 3.03. The number of amides is 1. The van der Waals surface area contributed by atoms with Crippen LogP contribution in [-0.2, 0) is 9.53 Å². The average molecular weight is 339 g/mol. The summed E-state index contributed by atoms with van der Waals surface area (Å²) in [5.74, 6) is 0.104. The van der Waals surface area contributed by atoms with E-state index >= 15 is 0 Å². The topological polar surface area (TPSA) is 44.8 Å². The van der Waals surface area contributed by atoms with Gasteiger partial charge in [-0.15, -0.1) is 0 Å². The van der Waals surface area contributed by atoms with Gasteiger partial charge in [0.2, 0.25) is 5.91 Å². The number of morpholine rings is 1. The van der Waals surface area contributed by atoms with Gasteiger partial charge in [-0.25, -0.2) is 0 Å². The van der Waals surface area contributed by atoms with Crippen LogP contribution in [-0.4, -0.2) is 50.2 Å². The predicted octanol–water partition coefficient (Wildman–Crippen LogP) is 3.11. The SMILES string of the molecule is CC1CN(C(=O)CNc2ccccc2N(C)c2ccccc2)CCO1. The molecular weight excluding hydrogens is 314 g/mol. The standard InChI is InChI=1S/C20H25N3O2/c1-16-15-23(12-13-25-16)20(24)14-21-18-10-6-7-11-19(18)22(2)17-8-4-3-5-9-17/h3-11,16,21H,12-15H2,1-2H3. The summed E-state index contributed by atoms with van der Waals surface area (Å²) in [6.07, 6.45) is 0.106. The van der Waals surface area contributed by atoms with Crippen molar-refractivity contribution in [2.45, 2.75) is 13.0 Å². The number of benzene rings is 2. The van der Waals surface area contributed by atoms with Crippen LogP contribution in [0.2, 0.25) is 0 Å². The quantitative estimate of drug-likeness (QED) is 0.909. The molecule has 0 bridgehead atoms. The Kier molecular flexibility index (Phi) is 5.56. The molecule has 0 saturated carbocycles. The molecule has 1 fully saturated rings. The van der Waals surface area contributed by atoms with Crippen LogP contribution < -0.4 is 10.2 Å². The molecule has 1 saturated heterocycles. The number of para-hydroxylation sites is 3. The zero-order valence-electron chi connectivity index (χ0n) is 14.8. The predicted molar refractivity (Wildman–Crippen MR) is 101 cm³/mol. The lowest BCUT2D eigenvalue weighted by molar-refractivity contribution is -0.136. The van der Waals surface area contributed by atoms with Crippen LogP contribution in [0.5, 0.6) is 0 Å². The first-order chi connectivity index (χ1) is 12.1. The lowest BCUT2D eigenvalue weighted by atomic mass is 10.2. The number of hydrogen-bond donors (Lipinski definition) is 1. The van der Waals surface area contributed by atoms with Gasteiger partial charge in [0, 0.05) is 25.8 Å². The summed E-state index contributed by atoms with van der Waals surface area (Å²) in [6.45, 7) is 4.21. The normalized spacial score (nSPS) is 17.2. The molecule has 25 heavy (non-hydrogen) atoms. The second kappa shape index (κ2) is 8.03. The molecule has 1 N–H and O–H groups in total. The van der Waals surface area contributed by atoms with Crippen molar-refractivity contribution in [2.24, 2.45) is 0 Å². The lowest BCUT2D eigenvalue weighted by Gasteiger charge is -2.31. The van der Waals surface area contributed by atoms with Gasteiger partial charge in [0.05, 0.1) is 30.6 Å². The molecular formula is C20H25N3O2. The molecule has 5 heteroatoms. The molecule has 3 rings (SSSR count). The third-order valence-electron chi connectivity index (χ3n) is 4.43. The van der Waals surface area contributed by atoms with E-state index in [0.717, 1.165) is 17.1 Å². The highest BCUT2D eigenvalue weighted by atomic mass is 16.5. The summed E-state index contributed by atoms with van der Waals surface area (Å²) >= 11 is 0. The number of nitrogens with zero attached hydrogens (tertiary/aromatic N) is 2. The molecule has 0 aliphatic carbocycles. The van der Waals surface area contributed by atoms with E-state index in [-0.39, 0.29) is 18.6 Å². The van der Waals surface area contributed by atoms with E-state index < -0.39 is 0 Å². The van der Waals surface area contributed by atoms with Crippen molar-refractivity contribution in [3.63, 3.8) is 0 Å². The fraction of sp³-hybridized carbons (Fsp3) is 0.350. The molecule has 1 amide bonds. The lowest BCUT2D eigenvalue weighted by Crippen LogP contribution is -2.46. The summed E-state index contributed by atoms with van der Waals surface area (Å²) in [6, 6.07) is 18.2. The van der Waals surface area contributed by atoms with Crippen LogP contribution in [0.3, 0.4) is 0 Å². The van der Waals surface area contributed by atoms with E-state index in [1.807, 2.05) is 55.3 Å². The van der Waals surface area contributed by atoms with Crippen LogP contribution in [0.15, 0.2) is 54.6 Å². The average Bonchev–Trinajstić information content (AvgIpc) is 2.66. The Bertz CT molecular complexity index is 705. The van der Waals surface area contributed by atoms with E-state index in [9.17, 15) is 4.79 Å². The Labute approximate surface area is 149 Å². The highest BCUT2D eigenvalue weighted by Crippen LogP contribution is 2.30. The first-order valence-electron chi connectivity index (χ1n) is 8.66. The number of nitrogens with one attached hydrogen (secondary N) is 1. The van der Waals surface area contributed by atoms with Gasteiger partial charge in [0.25, 0.3) is 0 Å². The van der Waals surface area contributed by atoms with Gasteiger partial charge in [-0.05, 0) is 31.2 Å². The molecule has 1 unspecified atom stereocenters. The number of rotatable bonds is 5. The van der Waals surface area contributed by atoms with Crippen molar-refractivity contribution in [2.75, 3.05) is 43.5 Å². The molecule has 5 nitrogen and oxygen atoms in total. The minimum atomic E-state index is 0.104. The fourth-order valence-corrected chi connectivity index (χ4v) is 3.03. The first-order valence-corrected chi connectivity index (χ1v) is 8.66. The van der Waals surface area contributed by atoms with E-state index in [4.69, 9.17) is 4.74 Å². The Morgan fingerprint density at radius 1 is 1.20 bits per heavy atom. The van der Waals surface area contributed by atoms with Crippen molar-refractivity contribution in [3.8, 4) is 0 Å². The van der Waals surface area contributed by atoms with E-state index in [2.05, 4.69) is 28.4 Å². The number of carbonyl (C=O) groups is 1. The summed E-state index contributed by atoms with van der Waals surface area (Å²) in [5.41, 5.74) is 3.09. The largest absolute Gasteiger partial charge is 0.375 e. The molecule has 2 aromatic carbocycles. The summed E-state index contributed by atoms with van der Waals surface area (Å²) in [5, 5.41) is 3.30. The maximum absolute atomic E-state index is 12.5. The molecule has 1 atom stereocenters. The minimum Gasteiger partial charge on any atom is -0.375 e. The van der Waals surface area contributed by atoms with Crippen molar-refractivity contribution in [1.29, 1.82) is 0 Å². The monoisotopic (exact) mass is 339 g/mol. The van der Waals surface area contributed by atoms with Crippen LogP contribution in [0, 0.1) is 0 Å². The number of carbonyl (C=O) groups excluding carboxylic acids is 1. The van der Waals surface area contributed by atoms with Crippen LogP contribution >= 0.6 is 0 Å². The van der Waals surface area contributed by atoms with Crippen molar-refractivity contribution in [3.05, 3.63) is 54.6 Å². The van der Waals surface area contributed by atoms with E-state index in [1.54, 1.807) is 0 Å². The minimum absolute atomic E-state index is 0.104. The van der Waals surface area contributed by atoms with Gasteiger partial charge in [-0.2, -0.15) is 0 Å². The Morgan fingerprint density at radius 2 is 1.92 bits per heavy atom. The first kappa shape index (κ1) is 17.3. The van der Waals surface area contributed by atoms with Crippen molar-refractivity contribution >= 4 is 23.0 Å². The van der Waals surface area contributed by atoms with Gasteiger partial charge in [-0.1, -0.05) is 30.3 Å². The molecule has 132 valence electrons. The van der Waals surface area contributed by atoms with Crippen molar-refractivity contribution < 1.29 is 9.53 Å². The van der Waals surface area contributed by atoms with Gasteiger partial charge in [-0.3, -0.25) is 4.79 Å². The smallest absolute Gasteiger partial charge is 0.242 e. The Balaban J connectivity index is 1.68. The van der Waals surface area contributed by atoms with Crippen LogP contribution in [0.4, 0.5) is 17.1 Å². The molecule has 1 heterocycles. The second-order valence-corrected chi connectivity index (χ2v) is 6.29. The Morgan fingerprint density at radius 3 is 2.68 bits per heavy atom. The summed E-state index contributed by atoms with van der Waals surface area (Å²) in [7, 11) is 2.03. The summed E-state index contributed by atoms with van der Waals surface area (Å²) < 4.78 is 5.50. The third-order valence-corrected chi connectivity index (χ3v) is 4.43. The van der Waals surface area contributed by atoms with Gasteiger partial charge in [0.1, 0.15) is 0 Å². The second-order valence-electron chi connectivity index (χ2n) is 6.29. The number of ether oxygens (including phenoxy) is 1. The van der Waals surface area contributed by atoms with Gasteiger partial charge < -0.3 is 19.9 Å². The van der Waals surface area contributed by atoms with Crippen molar-refractivity contribution in [1.82, 2.24) is 4.90 Å². The number of hydrogen-bond acceptors (Lipinski definition) is 4. The zero-order chi connectivity index (χ0) is 17.6. The number of anilines is 3. The van der Waals surface area contributed by atoms with Gasteiger partial charge in [0.15, 0.2) is 0 Å². The highest BCUT2D eigenvalue weighted by Gasteiger charge is 2.21. The van der Waals surface area contributed by atoms with Crippen LogP contribution in [0.25, 0.3) is 0 Å². The maximum atomic E-state index is 12.5. The maximum Gasteiger partial charge on any atom is 0.242 e. The molecule has 0 radical (unpaired) electrons.